The minimum atomic E-state index is -0.0878. The van der Waals surface area contributed by atoms with Crippen molar-refractivity contribution in [3.8, 4) is 11.5 Å². The number of nitrogens with zero attached hydrogens (tertiary/aromatic N) is 2. The lowest BCUT2D eigenvalue weighted by molar-refractivity contribution is 0.403. The fraction of sp³-hybridized carbons (Fsp3) is 0.200. The number of hydrogen-bond acceptors (Lipinski definition) is 5. The standard InChI is InChI=1S/C20H18BrN3O2S2/c1-25-12-6-7-15(26-2)14(11-12)24-19(16-8-9-17(21)28-16)18(23-20(24)27)13-5-3-4-10-22-13/h3-11,18-19H,1-2H3,(H,23,27)/t18-,19-/m1/s1. The van der Waals surface area contributed by atoms with Gasteiger partial charge < -0.3 is 19.7 Å². The first-order valence-electron chi connectivity index (χ1n) is 8.60. The van der Waals surface area contributed by atoms with Crippen LogP contribution in [0.4, 0.5) is 5.69 Å². The van der Waals surface area contributed by atoms with Crippen LogP contribution in [0, 0.1) is 0 Å². The molecule has 1 N–H and O–H groups in total. The van der Waals surface area contributed by atoms with Crippen LogP contribution in [-0.2, 0) is 0 Å². The fourth-order valence-electron chi connectivity index (χ4n) is 3.38. The molecule has 1 aliphatic rings. The van der Waals surface area contributed by atoms with Crippen molar-refractivity contribution < 1.29 is 9.47 Å². The summed E-state index contributed by atoms with van der Waals surface area (Å²) < 4.78 is 12.1. The molecule has 1 saturated heterocycles. The van der Waals surface area contributed by atoms with Gasteiger partial charge in [0.1, 0.15) is 11.5 Å². The minimum absolute atomic E-state index is 0.0697. The molecule has 2 aromatic heterocycles. The molecule has 1 aliphatic heterocycles. The highest BCUT2D eigenvalue weighted by atomic mass is 79.9. The second-order valence-electron chi connectivity index (χ2n) is 6.18. The minimum Gasteiger partial charge on any atom is -0.497 e. The van der Waals surface area contributed by atoms with Crippen molar-refractivity contribution in [3.05, 3.63) is 69.1 Å². The van der Waals surface area contributed by atoms with Crippen LogP contribution in [0.5, 0.6) is 11.5 Å². The van der Waals surface area contributed by atoms with Gasteiger partial charge in [-0.15, -0.1) is 11.3 Å². The predicted octanol–water partition coefficient (Wildman–Crippen LogP) is 5.10. The molecule has 8 heteroatoms. The van der Waals surface area contributed by atoms with E-state index >= 15 is 0 Å². The number of rotatable bonds is 5. The highest BCUT2D eigenvalue weighted by Crippen LogP contribution is 2.47. The average molecular weight is 476 g/mol. The molecule has 2 atom stereocenters. The van der Waals surface area contributed by atoms with Crippen molar-refractivity contribution >= 4 is 50.3 Å². The van der Waals surface area contributed by atoms with Crippen molar-refractivity contribution in [1.29, 1.82) is 0 Å². The summed E-state index contributed by atoms with van der Waals surface area (Å²) in [4.78, 5) is 7.83. The molecular weight excluding hydrogens is 458 g/mol. The number of aromatic nitrogens is 1. The zero-order valence-corrected chi connectivity index (χ0v) is 18.5. The molecule has 3 aromatic rings. The molecule has 1 fully saturated rings. The monoisotopic (exact) mass is 475 g/mol. The maximum absolute atomic E-state index is 5.75. The molecule has 144 valence electrons. The number of thiocarbonyl (C=S) groups is 1. The van der Waals surface area contributed by atoms with Gasteiger partial charge in [0.2, 0.25) is 0 Å². The number of pyridine rings is 1. The Labute approximate surface area is 181 Å². The van der Waals surface area contributed by atoms with Gasteiger partial charge in [0, 0.05) is 17.1 Å². The lowest BCUT2D eigenvalue weighted by atomic mass is 10.0. The Kier molecular flexibility index (Phi) is 5.52. The number of thiophene rings is 1. The van der Waals surface area contributed by atoms with E-state index in [1.54, 1.807) is 31.8 Å². The number of halogens is 1. The lowest BCUT2D eigenvalue weighted by Gasteiger charge is -2.28. The van der Waals surface area contributed by atoms with Crippen LogP contribution in [0.1, 0.15) is 22.7 Å². The summed E-state index contributed by atoms with van der Waals surface area (Å²) >= 11 is 11.0. The Morgan fingerprint density at radius 3 is 2.64 bits per heavy atom. The van der Waals surface area contributed by atoms with Crippen LogP contribution in [-0.4, -0.2) is 24.3 Å². The average Bonchev–Trinajstić information content (AvgIpc) is 3.30. The van der Waals surface area contributed by atoms with Gasteiger partial charge in [-0.05, 0) is 64.5 Å². The van der Waals surface area contributed by atoms with Crippen LogP contribution in [0.15, 0.2) is 58.5 Å². The highest BCUT2D eigenvalue weighted by Gasteiger charge is 2.42. The number of ether oxygens (including phenoxy) is 2. The van der Waals surface area contributed by atoms with Gasteiger partial charge in [-0.3, -0.25) is 4.98 Å². The summed E-state index contributed by atoms with van der Waals surface area (Å²) in [5.74, 6) is 1.47. The summed E-state index contributed by atoms with van der Waals surface area (Å²) in [6, 6.07) is 15.6. The van der Waals surface area contributed by atoms with Crippen LogP contribution >= 0.6 is 39.5 Å². The second-order valence-corrected chi connectivity index (χ2v) is 9.06. The van der Waals surface area contributed by atoms with E-state index in [2.05, 4.69) is 43.3 Å². The molecule has 1 aromatic carbocycles. The quantitative estimate of drug-likeness (QED) is 0.517. The number of methoxy groups -OCH3 is 2. The third kappa shape index (κ3) is 3.47. The molecular formula is C20H18BrN3O2S2. The van der Waals surface area contributed by atoms with Gasteiger partial charge in [0.05, 0.1) is 41.5 Å². The summed E-state index contributed by atoms with van der Waals surface area (Å²) in [5.41, 5.74) is 1.79. The van der Waals surface area contributed by atoms with Crippen LogP contribution in [0.2, 0.25) is 0 Å². The third-order valence-corrected chi connectivity index (χ3v) is 6.64. The maximum Gasteiger partial charge on any atom is 0.174 e. The summed E-state index contributed by atoms with van der Waals surface area (Å²) in [5, 5.41) is 4.08. The lowest BCUT2D eigenvalue weighted by Crippen LogP contribution is -2.29. The molecule has 28 heavy (non-hydrogen) atoms. The summed E-state index contributed by atoms with van der Waals surface area (Å²) in [6.07, 6.45) is 1.80. The van der Waals surface area contributed by atoms with Crippen molar-refractivity contribution in [2.75, 3.05) is 19.1 Å². The van der Waals surface area contributed by atoms with Gasteiger partial charge in [-0.1, -0.05) is 6.07 Å². The van der Waals surface area contributed by atoms with E-state index in [-0.39, 0.29) is 12.1 Å². The molecule has 0 aliphatic carbocycles. The van der Waals surface area contributed by atoms with E-state index in [9.17, 15) is 0 Å². The van der Waals surface area contributed by atoms with Crippen LogP contribution in [0.25, 0.3) is 0 Å². The van der Waals surface area contributed by atoms with Crippen molar-refractivity contribution in [1.82, 2.24) is 10.3 Å². The zero-order valence-electron chi connectivity index (χ0n) is 15.3. The number of anilines is 1. The largest absolute Gasteiger partial charge is 0.497 e. The molecule has 4 rings (SSSR count). The van der Waals surface area contributed by atoms with Crippen LogP contribution in [0.3, 0.4) is 0 Å². The first-order chi connectivity index (χ1) is 13.6. The molecule has 0 unspecified atom stereocenters. The fourth-order valence-corrected chi connectivity index (χ4v) is 5.27. The maximum atomic E-state index is 5.75. The normalized spacial score (nSPS) is 18.8. The van der Waals surface area contributed by atoms with Crippen molar-refractivity contribution in [3.63, 3.8) is 0 Å². The van der Waals surface area contributed by atoms with Gasteiger partial charge in [0.15, 0.2) is 5.11 Å². The van der Waals surface area contributed by atoms with Crippen molar-refractivity contribution in [2.24, 2.45) is 0 Å². The zero-order chi connectivity index (χ0) is 19.7. The first kappa shape index (κ1) is 19.2. The highest BCUT2D eigenvalue weighted by molar-refractivity contribution is 9.11. The van der Waals surface area contributed by atoms with Crippen molar-refractivity contribution in [2.45, 2.75) is 12.1 Å². The van der Waals surface area contributed by atoms with E-state index < -0.39 is 0 Å². The van der Waals surface area contributed by atoms with E-state index in [4.69, 9.17) is 21.7 Å². The van der Waals surface area contributed by atoms with Gasteiger partial charge in [0.25, 0.3) is 0 Å². The van der Waals surface area contributed by atoms with Gasteiger partial charge >= 0.3 is 0 Å². The second kappa shape index (κ2) is 8.06. The summed E-state index contributed by atoms with van der Waals surface area (Å²) in [7, 11) is 3.31. The first-order valence-corrected chi connectivity index (χ1v) is 10.6. The Morgan fingerprint density at radius 2 is 2.00 bits per heavy atom. The number of nitrogens with one attached hydrogen (secondary N) is 1. The summed E-state index contributed by atoms with van der Waals surface area (Å²) in [6.45, 7) is 0. The molecule has 0 saturated carbocycles. The molecule has 0 radical (unpaired) electrons. The molecule has 0 amide bonds. The number of hydrogen-bond donors (Lipinski definition) is 1. The number of benzene rings is 1. The SMILES string of the molecule is COc1ccc(OC)c(N2C(=S)N[C@H](c3ccccn3)[C@H]2c2ccc(Br)s2)c1. The Hall–Kier alpha value is -2.16. The Morgan fingerprint density at radius 1 is 1.14 bits per heavy atom. The smallest absolute Gasteiger partial charge is 0.174 e. The third-order valence-electron chi connectivity index (χ3n) is 4.63. The molecule has 0 spiro atoms. The topological polar surface area (TPSA) is 46.6 Å². The van der Waals surface area contributed by atoms with Gasteiger partial charge in [-0.2, -0.15) is 0 Å². The van der Waals surface area contributed by atoms with E-state index in [0.29, 0.717) is 5.11 Å². The Bertz CT molecular complexity index is 996. The van der Waals surface area contributed by atoms with Gasteiger partial charge in [-0.25, -0.2) is 0 Å². The van der Waals surface area contributed by atoms with E-state index in [1.807, 2.05) is 36.4 Å². The van der Waals surface area contributed by atoms with E-state index in [1.165, 1.54) is 4.88 Å². The molecule has 5 nitrogen and oxygen atoms in total. The van der Waals surface area contributed by atoms with Crippen LogP contribution < -0.4 is 19.7 Å². The Balaban J connectivity index is 1.87. The molecule has 0 bridgehead atoms. The predicted molar refractivity (Wildman–Crippen MR) is 119 cm³/mol. The van der Waals surface area contributed by atoms with E-state index in [0.717, 1.165) is 26.7 Å². The molecule has 3 heterocycles.